The summed E-state index contributed by atoms with van der Waals surface area (Å²) in [6.45, 7) is 0.725. The zero-order valence-electron chi connectivity index (χ0n) is 7.26. The second-order valence-electron chi connectivity index (χ2n) is 3.40. The summed E-state index contributed by atoms with van der Waals surface area (Å²) in [6, 6.07) is 0. The van der Waals surface area contributed by atoms with E-state index in [0.717, 1.165) is 19.4 Å². The largest absolute Gasteiger partial charge is 0.378 e. The van der Waals surface area contributed by atoms with Gasteiger partial charge in [-0.25, -0.2) is 4.39 Å². The van der Waals surface area contributed by atoms with Crippen molar-refractivity contribution >= 4 is 0 Å². The molecule has 0 radical (unpaired) electrons. The maximum atomic E-state index is 13.6. The summed E-state index contributed by atoms with van der Waals surface area (Å²) in [6.07, 6.45) is 2.34. The van der Waals surface area contributed by atoms with Gasteiger partial charge in [0.05, 0.1) is 6.10 Å². The van der Waals surface area contributed by atoms with Crippen molar-refractivity contribution in [3.05, 3.63) is 0 Å². The highest BCUT2D eigenvalue weighted by molar-refractivity contribution is 4.85. The van der Waals surface area contributed by atoms with E-state index in [2.05, 4.69) is 0 Å². The van der Waals surface area contributed by atoms with Crippen molar-refractivity contribution in [1.29, 1.82) is 0 Å². The first-order valence-electron chi connectivity index (χ1n) is 4.41. The van der Waals surface area contributed by atoms with Crippen LogP contribution < -0.4 is 11.5 Å². The van der Waals surface area contributed by atoms with Gasteiger partial charge in [-0.1, -0.05) is 0 Å². The van der Waals surface area contributed by atoms with Crippen LogP contribution in [0.3, 0.4) is 0 Å². The molecule has 4 N–H and O–H groups in total. The minimum atomic E-state index is -1.42. The van der Waals surface area contributed by atoms with Gasteiger partial charge in [-0.2, -0.15) is 0 Å². The summed E-state index contributed by atoms with van der Waals surface area (Å²) in [5, 5.41) is 0. The van der Waals surface area contributed by atoms with E-state index in [-0.39, 0.29) is 19.2 Å². The second-order valence-corrected chi connectivity index (χ2v) is 3.40. The average Bonchev–Trinajstić information content (AvgIpc) is 2.57. The Hall–Kier alpha value is -0.190. The van der Waals surface area contributed by atoms with Crippen molar-refractivity contribution in [2.45, 2.75) is 31.0 Å². The third-order valence-corrected chi connectivity index (χ3v) is 2.35. The molecule has 0 amide bonds. The monoisotopic (exact) mass is 176 g/mol. The average molecular weight is 176 g/mol. The molecule has 1 unspecified atom stereocenters. The van der Waals surface area contributed by atoms with Crippen LogP contribution in [-0.2, 0) is 4.74 Å². The minimum Gasteiger partial charge on any atom is -0.378 e. The molecule has 12 heavy (non-hydrogen) atoms. The van der Waals surface area contributed by atoms with Gasteiger partial charge in [0.1, 0.15) is 5.67 Å². The van der Waals surface area contributed by atoms with Gasteiger partial charge in [0.25, 0.3) is 0 Å². The molecule has 0 aromatic rings. The first kappa shape index (κ1) is 9.89. The van der Waals surface area contributed by atoms with E-state index in [0.29, 0.717) is 6.42 Å². The highest BCUT2D eigenvalue weighted by Crippen LogP contribution is 2.23. The number of nitrogens with two attached hydrogens (primary N) is 2. The van der Waals surface area contributed by atoms with E-state index >= 15 is 0 Å². The van der Waals surface area contributed by atoms with Gasteiger partial charge in [-0.05, 0) is 12.8 Å². The highest BCUT2D eigenvalue weighted by atomic mass is 19.1. The van der Waals surface area contributed by atoms with E-state index in [1.807, 2.05) is 0 Å². The molecule has 1 heterocycles. The van der Waals surface area contributed by atoms with Gasteiger partial charge >= 0.3 is 0 Å². The van der Waals surface area contributed by atoms with Crippen molar-refractivity contribution in [2.75, 3.05) is 19.7 Å². The number of hydrogen-bond donors (Lipinski definition) is 2. The van der Waals surface area contributed by atoms with Gasteiger partial charge < -0.3 is 16.2 Å². The van der Waals surface area contributed by atoms with Gasteiger partial charge in [-0.15, -0.1) is 0 Å². The number of rotatable bonds is 4. The molecule has 72 valence electrons. The lowest BCUT2D eigenvalue weighted by Gasteiger charge is -2.24. The summed E-state index contributed by atoms with van der Waals surface area (Å²) < 4.78 is 18.9. The molecule has 1 fully saturated rings. The first-order valence-corrected chi connectivity index (χ1v) is 4.41. The number of hydrogen-bond acceptors (Lipinski definition) is 3. The van der Waals surface area contributed by atoms with Gasteiger partial charge in [0.15, 0.2) is 0 Å². The zero-order valence-corrected chi connectivity index (χ0v) is 7.26. The molecule has 0 aromatic carbocycles. The van der Waals surface area contributed by atoms with E-state index < -0.39 is 5.67 Å². The lowest BCUT2D eigenvalue weighted by molar-refractivity contribution is 0.0465. The molecule has 4 heteroatoms. The Morgan fingerprint density at radius 3 is 2.50 bits per heavy atom. The van der Waals surface area contributed by atoms with E-state index in [4.69, 9.17) is 16.2 Å². The number of halogens is 1. The fraction of sp³-hybridized carbons (Fsp3) is 1.00. The zero-order chi connectivity index (χ0) is 9.03. The predicted octanol–water partition coefficient (Wildman–Crippen LogP) is 0.181. The minimum absolute atomic E-state index is 0.0106. The van der Waals surface area contributed by atoms with Crippen LogP contribution in [0, 0.1) is 0 Å². The molecular weight excluding hydrogens is 159 g/mol. The van der Waals surface area contributed by atoms with Crippen molar-refractivity contribution in [2.24, 2.45) is 11.5 Å². The summed E-state index contributed by atoms with van der Waals surface area (Å²) >= 11 is 0. The van der Waals surface area contributed by atoms with Crippen LogP contribution in [-0.4, -0.2) is 31.5 Å². The third-order valence-electron chi connectivity index (χ3n) is 2.35. The third kappa shape index (κ3) is 2.40. The molecule has 0 aromatic heterocycles. The molecule has 1 atom stereocenters. The van der Waals surface area contributed by atoms with Gasteiger partial charge in [0, 0.05) is 26.1 Å². The van der Waals surface area contributed by atoms with Crippen LogP contribution in [0.15, 0.2) is 0 Å². The van der Waals surface area contributed by atoms with Crippen LogP contribution >= 0.6 is 0 Å². The lowest BCUT2D eigenvalue weighted by atomic mass is 9.97. The van der Waals surface area contributed by atoms with E-state index in [1.165, 1.54) is 0 Å². The Morgan fingerprint density at radius 1 is 1.42 bits per heavy atom. The smallest absolute Gasteiger partial charge is 0.137 e. The Kier molecular flexibility index (Phi) is 3.43. The maximum absolute atomic E-state index is 13.6. The molecule has 1 aliphatic rings. The Balaban J connectivity index is 2.35. The van der Waals surface area contributed by atoms with Crippen molar-refractivity contribution in [3.63, 3.8) is 0 Å². The summed E-state index contributed by atoms with van der Waals surface area (Å²) in [5.74, 6) is 0. The van der Waals surface area contributed by atoms with Gasteiger partial charge in [0.2, 0.25) is 0 Å². The normalized spacial score (nSPS) is 24.8. The molecular formula is C8H17FN2O. The second kappa shape index (κ2) is 4.16. The molecule has 0 spiro atoms. The van der Waals surface area contributed by atoms with Crippen LogP contribution in [0.25, 0.3) is 0 Å². The molecule has 3 nitrogen and oxygen atoms in total. The summed E-state index contributed by atoms with van der Waals surface area (Å²) in [4.78, 5) is 0. The van der Waals surface area contributed by atoms with Gasteiger partial charge in [-0.3, -0.25) is 0 Å². The fourth-order valence-electron chi connectivity index (χ4n) is 1.46. The quantitative estimate of drug-likeness (QED) is 0.642. The molecule has 1 saturated heterocycles. The fourth-order valence-corrected chi connectivity index (χ4v) is 1.46. The molecule has 1 aliphatic heterocycles. The standard InChI is InChI=1S/C8H17FN2O/c9-8(5-10,6-11)4-7-2-1-3-12-7/h7H,1-6,10-11H2. The Bertz CT molecular complexity index is 133. The summed E-state index contributed by atoms with van der Waals surface area (Å²) in [7, 11) is 0. The van der Waals surface area contributed by atoms with Crippen molar-refractivity contribution in [1.82, 2.24) is 0 Å². The van der Waals surface area contributed by atoms with Crippen LogP contribution in [0.1, 0.15) is 19.3 Å². The van der Waals surface area contributed by atoms with E-state index in [9.17, 15) is 4.39 Å². The van der Waals surface area contributed by atoms with Crippen molar-refractivity contribution < 1.29 is 9.13 Å². The van der Waals surface area contributed by atoms with Crippen LogP contribution in [0.2, 0.25) is 0 Å². The topological polar surface area (TPSA) is 61.3 Å². The van der Waals surface area contributed by atoms with E-state index in [1.54, 1.807) is 0 Å². The lowest BCUT2D eigenvalue weighted by Crippen LogP contribution is -2.43. The SMILES string of the molecule is NCC(F)(CN)CC1CCCO1. The Labute approximate surface area is 72.2 Å². The first-order chi connectivity index (χ1) is 5.70. The van der Waals surface area contributed by atoms with Crippen LogP contribution in [0.5, 0.6) is 0 Å². The number of alkyl halides is 1. The van der Waals surface area contributed by atoms with Crippen LogP contribution in [0.4, 0.5) is 4.39 Å². The summed E-state index contributed by atoms with van der Waals surface area (Å²) in [5.41, 5.74) is 9.15. The molecule has 1 rings (SSSR count). The molecule has 0 aliphatic carbocycles. The number of ether oxygens (including phenoxy) is 1. The molecule has 0 bridgehead atoms. The Morgan fingerprint density at radius 2 is 2.08 bits per heavy atom. The highest BCUT2D eigenvalue weighted by Gasteiger charge is 2.31. The maximum Gasteiger partial charge on any atom is 0.137 e. The van der Waals surface area contributed by atoms with Crippen molar-refractivity contribution in [3.8, 4) is 0 Å². The predicted molar refractivity (Wildman–Crippen MR) is 45.5 cm³/mol. The molecule has 0 saturated carbocycles.